The van der Waals surface area contributed by atoms with Crippen LogP contribution in [0.25, 0.3) is 16.6 Å². The third-order valence-corrected chi connectivity index (χ3v) is 5.18. The number of nitrogens with one attached hydrogen (secondary N) is 1. The first kappa shape index (κ1) is 21.6. The van der Waals surface area contributed by atoms with E-state index in [9.17, 15) is 18.4 Å². The van der Waals surface area contributed by atoms with Crippen LogP contribution in [0.4, 0.5) is 28.0 Å². The van der Waals surface area contributed by atoms with Crippen molar-refractivity contribution in [2.75, 3.05) is 24.5 Å². The molecule has 3 aromatic rings. The second-order valence-electron chi connectivity index (χ2n) is 7.37. The monoisotopic (exact) mass is 451 g/mol. The summed E-state index contributed by atoms with van der Waals surface area (Å²) >= 11 is 0. The Bertz CT molecular complexity index is 1290. The van der Waals surface area contributed by atoms with Gasteiger partial charge < -0.3 is 24.6 Å². The number of fused-ring (bicyclic) bond motifs is 1. The van der Waals surface area contributed by atoms with Gasteiger partial charge in [-0.3, -0.25) is 4.79 Å². The van der Waals surface area contributed by atoms with E-state index >= 15 is 8.78 Å². The van der Waals surface area contributed by atoms with E-state index in [2.05, 4.69) is 10.1 Å². The van der Waals surface area contributed by atoms with Crippen molar-refractivity contribution in [2.24, 2.45) is 0 Å². The molecule has 1 atom stereocenters. The van der Waals surface area contributed by atoms with Gasteiger partial charge in [0.2, 0.25) is 5.43 Å². The molecule has 1 aliphatic heterocycles. The van der Waals surface area contributed by atoms with E-state index in [1.165, 1.54) is 4.90 Å². The Labute approximate surface area is 178 Å². The molecule has 0 radical (unpaired) electrons. The number of carboxylic acid groups (broad SMARTS) is 1. The van der Waals surface area contributed by atoms with Gasteiger partial charge in [-0.1, -0.05) is 0 Å². The number of halogens is 4. The Balaban J connectivity index is 2.07. The van der Waals surface area contributed by atoms with Crippen LogP contribution >= 0.6 is 0 Å². The first-order valence-electron chi connectivity index (χ1n) is 9.59. The molecule has 1 fully saturated rings. The largest absolute Gasteiger partial charge is 0.511 e. The molecule has 4 rings (SSSR count). The van der Waals surface area contributed by atoms with Crippen LogP contribution in [0.2, 0.25) is 0 Å². The van der Waals surface area contributed by atoms with E-state index in [-0.39, 0.29) is 19.1 Å². The first-order chi connectivity index (χ1) is 15.2. The van der Waals surface area contributed by atoms with Crippen LogP contribution in [0.1, 0.15) is 6.92 Å². The van der Waals surface area contributed by atoms with Crippen LogP contribution in [-0.2, 0) is 0 Å². The van der Waals surface area contributed by atoms with Crippen molar-refractivity contribution in [3.05, 3.63) is 64.0 Å². The van der Waals surface area contributed by atoms with Gasteiger partial charge in [0, 0.05) is 31.7 Å². The number of hydrogen-bond acceptors (Lipinski definition) is 5. The summed E-state index contributed by atoms with van der Waals surface area (Å²) in [5.41, 5.74) is -2.40. The Kier molecular flexibility index (Phi) is 5.51. The molecular weight excluding hydrogens is 434 g/mol. The highest BCUT2D eigenvalue weighted by atomic mass is 19.1. The highest BCUT2D eigenvalue weighted by molar-refractivity contribution is 5.87. The van der Waals surface area contributed by atoms with Crippen molar-refractivity contribution in [1.29, 1.82) is 0 Å². The van der Waals surface area contributed by atoms with E-state index in [0.29, 0.717) is 12.6 Å². The molecule has 1 unspecified atom stereocenters. The molecule has 0 saturated carbocycles. The SMILES string of the molecule is CC1CN(c2c(F)cc3c(=O)c(OC(=O)O)cn(-c4ccc(F)cc4F)c3c2F)CCN1. The number of benzene rings is 2. The topological polar surface area (TPSA) is 83.8 Å². The van der Waals surface area contributed by atoms with Crippen molar-refractivity contribution in [3.63, 3.8) is 0 Å². The molecule has 11 heteroatoms. The maximum atomic E-state index is 15.8. The van der Waals surface area contributed by atoms with Crippen LogP contribution in [0, 0.1) is 23.3 Å². The summed E-state index contributed by atoms with van der Waals surface area (Å²) in [5.74, 6) is -4.99. The van der Waals surface area contributed by atoms with E-state index in [4.69, 9.17) is 5.11 Å². The van der Waals surface area contributed by atoms with Crippen molar-refractivity contribution < 1.29 is 32.2 Å². The number of carbonyl (C=O) groups is 1. The van der Waals surface area contributed by atoms with Crippen LogP contribution in [0.5, 0.6) is 5.75 Å². The first-order valence-corrected chi connectivity index (χ1v) is 9.59. The average molecular weight is 451 g/mol. The minimum atomic E-state index is -1.85. The summed E-state index contributed by atoms with van der Waals surface area (Å²) in [6, 6.07) is 3.11. The molecule has 2 aromatic carbocycles. The lowest BCUT2D eigenvalue weighted by Crippen LogP contribution is -2.49. The zero-order valence-corrected chi connectivity index (χ0v) is 16.7. The van der Waals surface area contributed by atoms with Crippen molar-refractivity contribution in [3.8, 4) is 11.4 Å². The smallest absolute Gasteiger partial charge is 0.449 e. The molecule has 0 amide bonds. The van der Waals surface area contributed by atoms with Crippen molar-refractivity contribution >= 4 is 22.7 Å². The average Bonchev–Trinajstić information content (AvgIpc) is 2.70. The zero-order valence-electron chi connectivity index (χ0n) is 16.7. The number of hydrogen-bond donors (Lipinski definition) is 2. The van der Waals surface area contributed by atoms with Crippen molar-refractivity contribution in [1.82, 2.24) is 9.88 Å². The van der Waals surface area contributed by atoms with E-state index in [1.807, 2.05) is 6.92 Å². The van der Waals surface area contributed by atoms with Crippen molar-refractivity contribution in [2.45, 2.75) is 13.0 Å². The summed E-state index contributed by atoms with van der Waals surface area (Å²) in [4.78, 5) is 25.2. The Morgan fingerprint density at radius 1 is 1.19 bits per heavy atom. The summed E-state index contributed by atoms with van der Waals surface area (Å²) in [7, 11) is 0. The maximum Gasteiger partial charge on any atom is 0.511 e. The van der Waals surface area contributed by atoms with E-state index in [0.717, 1.165) is 29.0 Å². The minimum Gasteiger partial charge on any atom is -0.449 e. The van der Waals surface area contributed by atoms with Gasteiger partial charge in [-0.15, -0.1) is 0 Å². The Morgan fingerprint density at radius 3 is 2.59 bits per heavy atom. The molecule has 0 spiro atoms. The van der Waals surface area contributed by atoms with Crippen LogP contribution in [-0.4, -0.2) is 41.5 Å². The zero-order chi connectivity index (χ0) is 23.2. The summed E-state index contributed by atoms with van der Waals surface area (Å²) in [5, 5.41) is 11.5. The second-order valence-corrected chi connectivity index (χ2v) is 7.37. The minimum absolute atomic E-state index is 0.0682. The molecule has 1 aliphatic rings. The molecule has 32 heavy (non-hydrogen) atoms. The summed E-state index contributed by atoms with van der Waals surface area (Å²) < 4.78 is 64.0. The van der Waals surface area contributed by atoms with Gasteiger partial charge in [-0.05, 0) is 25.1 Å². The molecule has 1 aromatic heterocycles. The molecule has 0 aliphatic carbocycles. The maximum absolute atomic E-state index is 15.8. The van der Waals surface area contributed by atoms with Gasteiger partial charge in [0.1, 0.15) is 23.1 Å². The van der Waals surface area contributed by atoms with Gasteiger partial charge in [0.15, 0.2) is 11.6 Å². The molecule has 2 N–H and O–H groups in total. The lowest BCUT2D eigenvalue weighted by atomic mass is 10.1. The molecule has 0 bridgehead atoms. The number of anilines is 1. The molecule has 7 nitrogen and oxygen atoms in total. The predicted octanol–water partition coefficient (Wildman–Crippen LogP) is 3.40. The summed E-state index contributed by atoms with van der Waals surface area (Å²) in [6.07, 6.45) is -1.07. The molecular formula is C21H17F4N3O4. The summed E-state index contributed by atoms with van der Waals surface area (Å²) in [6.45, 7) is 2.85. The van der Waals surface area contributed by atoms with E-state index in [1.54, 1.807) is 0 Å². The normalized spacial score (nSPS) is 16.4. The third-order valence-electron chi connectivity index (χ3n) is 5.18. The number of nitrogens with zero attached hydrogens (tertiary/aromatic N) is 2. The van der Waals surface area contributed by atoms with Crippen LogP contribution < -0.4 is 20.4 Å². The fourth-order valence-electron chi connectivity index (χ4n) is 3.84. The number of ether oxygens (including phenoxy) is 1. The highest BCUT2D eigenvalue weighted by Crippen LogP contribution is 2.33. The molecule has 2 heterocycles. The number of pyridine rings is 1. The van der Waals surface area contributed by atoms with Gasteiger partial charge in [0.25, 0.3) is 0 Å². The van der Waals surface area contributed by atoms with Gasteiger partial charge in [-0.2, -0.15) is 0 Å². The van der Waals surface area contributed by atoms with Gasteiger partial charge in [0.05, 0.1) is 22.8 Å². The Morgan fingerprint density at radius 2 is 1.94 bits per heavy atom. The fourth-order valence-corrected chi connectivity index (χ4v) is 3.84. The number of aromatic nitrogens is 1. The molecule has 1 saturated heterocycles. The quantitative estimate of drug-likeness (QED) is 0.469. The van der Waals surface area contributed by atoms with Crippen LogP contribution in [0.3, 0.4) is 0 Å². The molecule has 168 valence electrons. The standard InChI is InChI=1S/C21H17F4N3O4/c1-10-8-27(5-4-26-10)19-14(24)7-12-18(17(19)25)28(9-16(20(12)29)32-21(30)31)15-3-2-11(22)6-13(15)23/h2-3,6-7,9-10,26H,4-5,8H2,1H3,(H,30,31). The van der Waals surface area contributed by atoms with E-state index < -0.39 is 62.9 Å². The third kappa shape index (κ3) is 3.75. The highest BCUT2D eigenvalue weighted by Gasteiger charge is 2.27. The predicted molar refractivity (Wildman–Crippen MR) is 108 cm³/mol. The second kappa shape index (κ2) is 8.15. The number of piperazine rings is 1. The lowest BCUT2D eigenvalue weighted by Gasteiger charge is -2.34. The number of rotatable bonds is 3. The van der Waals surface area contributed by atoms with Gasteiger partial charge >= 0.3 is 6.16 Å². The Hall–Kier alpha value is -3.60. The van der Waals surface area contributed by atoms with Gasteiger partial charge in [-0.25, -0.2) is 22.4 Å². The lowest BCUT2D eigenvalue weighted by molar-refractivity contribution is 0.144. The fraction of sp³-hybridized carbons (Fsp3) is 0.238. The van der Waals surface area contributed by atoms with Crippen LogP contribution in [0.15, 0.2) is 35.3 Å².